The largest absolute Gasteiger partial charge is 0.497 e. The number of fused-ring (bicyclic) bond motifs is 1. The van der Waals surface area contributed by atoms with Crippen molar-refractivity contribution in [1.82, 2.24) is 9.88 Å². The molecule has 1 aliphatic heterocycles. The lowest BCUT2D eigenvalue weighted by molar-refractivity contribution is -0.157. The number of hydrogen-bond donors (Lipinski definition) is 1. The van der Waals surface area contributed by atoms with Gasteiger partial charge >= 0.3 is 5.97 Å². The molecular formula is C29H35ClN2O4. The maximum Gasteiger partial charge on any atom is 0.311 e. The van der Waals surface area contributed by atoms with E-state index in [1.807, 2.05) is 24.3 Å². The highest BCUT2D eigenvalue weighted by Crippen LogP contribution is 2.41. The summed E-state index contributed by atoms with van der Waals surface area (Å²) in [6, 6.07) is 16.1. The van der Waals surface area contributed by atoms with Crippen LogP contribution in [0.1, 0.15) is 49.3 Å². The Hall–Kier alpha value is -2.67. The summed E-state index contributed by atoms with van der Waals surface area (Å²) in [6.45, 7) is 2.70. The summed E-state index contributed by atoms with van der Waals surface area (Å²) in [4.78, 5) is 19.7. The first-order valence-corrected chi connectivity index (χ1v) is 13.0. The molecular weight excluding hydrogens is 476 g/mol. The van der Waals surface area contributed by atoms with Gasteiger partial charge < -0.3 is 19.5 Å². The van der Waals surface area contributed by atoms with Crippen LogP contribution >= 0.6 is 11.6 Å². The highest BCUT2D eigenvalue weighted by Gasteiger charge is 2.42. The van der Waals surface area contributed by atoms with E-state index in [9.17, 15) is 9.90 Å². The van der Waals surface area contributed by atoms with Crippen LogP contribution in [0.3, 0.4) is 0 Å². The van der Waals surface area contributed by atoms with E-state index in [0.717, 1.165) is 56.2 Å². The molecule has 2 heterocycles. The Labute approximate surface area is 218 Å². The SMILES string of the molecule is COC(=O)C1(CC[C@@H](O)c2c(Cl)cnc3ccc(OC)cc23)CCN(CCCc2ccccc2)CC1. The highest BCUT2D eigenvalue weighted by molar-refractivity contribution is 6.32. The Morgan fingerprint density at radius 2 is 1.92 bits per heavy atom. The van der Waals surface area contributed by atoms with Gasteiger partial charge in [-0.1, -0.05) is 41.9 Å². The number of halogens is 1. The van der Waals surface area contributed by atoms with Crippen molar-refractivity contribution in [2.45, 2.75) is 44.6 Å². The Kier molecular flexibility index (Phi) is 8.83. The van der Waals surface area contributed by atoms with E-state index in [1.54, 1.807) is 13.3 Å². The smallest absolute Gasteiger partial charge is 0.311 e. The molecule has 4 rings (SSSR count). The van der Waals surface area contributed by atoms with Crippen molar-refractivity contribution in [1.29, 1.82) is 0 Å². The Balaban J connectivity index is 1.40. The normalized spacial score (nSPS) is 16.6. The number of benzene rings is 2. The number of methoxy groups -OCH3 is 2. The first kappa shape index (κ1) is 26.4. The average molecular weight is 511 g/mol. The number of ether oxygens (including phenoxy) is 2. The van der Waals surface area contributed by atoms with Crippen molar-refractivity contribution < 1.29 is 19.4 Å². The number of aliphatic hydroxyl groups is 1. The van der Waals surface area contributed by atoms with E-state index in [2.05, 4.69) is 34.1 Å². The predicted octanol–water partition coefficient (Wildman–Crippen LogP) is 5.60. The number of hydrogen-bond acceptors (Lipinski definition) is 6. The predicted molar refractivity (Wildman–Crippen MR) is 142 cm³/mol. The minimum atomic E-state index is -0.833. The van der Waals surface area contributed by atoms with Gasteiger partial charge in [0.25, 0.3) is 0 Å². The van der Waals surface area contributed by atoms with Crippen LogP contribution < -0.4 is 4.74 Å². The zero-order chi connectivity index (χ0) is 25.5. The first-order valence-electron chi connectivity index (χ1n) is 12.6. The number of aliphatic hydroxyl groups excluding tert-OH is 1. The molecule has 6 nitrogen and oxygen atoms in total. The van der Waals surface area contributed by atoms with Gasteiger partial charge in [0.2, 0.25) is 0 Å². The summed E-state index contributed by atoms with van der Waals surface area (Å²) in [7, 11) is 3.05. The lowest BCUT2D eigenvalue weighted by atomic mass is 9.74. The van der Waals surface area contributed by atoms with Gasteiger partial charge in [0.05, 0.1) is 36.3 Å². The van der Waals surface area contributed by atoms with Crippen molar-refractivity contribution >= 4 is 28.5 Å². The molecule has 1 aromatic heterocycles. The lowest BCUT2D eigenvalue weighted by Crippen LogP contribution is -2.45. The van der Waals surface area contributed by atoms with Crippen molar-refractivity contribution in [2.75, 3.05) is 33.9 Å². The molecule has 2 aromatic carbocycles. The number of aromatic nitrogens is 1. The molecule has 0 aliphatic carbocycles. The van der Waals surface area contributed by atoms with Crippen molar-refractivity contribution in [3.8, 4) is 5.75 Å². The molecule has 1 atom stereocenters. The number of nitrogens with zero attached hydrogens (tertiary/aromatic N) is 2. The Morgan fingerprint density at radius 1 is 1.17 bits per heavy atom. The molecule has 0 amide bonds. The van der Waals surface area contributed by atoms with Gasteiger partial charge in [0, 0.05) is 17.1 Å². The van der Waals surface area contributed by atoms with Crippen LogP contribution in [-0.4, -0.2) is 54.8 Å². The summed E-state index contributed by atoms with van der Waals surface area (Å²) < 4.78 is 10.6. The van der Waals surface area contributed by atoms with E-state index in [-0.39, 0.29) is 5.97 Å². The Morgan fingerprint density at radius 3 is 2.61 bits per heavy atom. The third-order valence-electron chi connectivity index (χ3n) is 7.51. The summed E-state index contributed by atoms with van der Waals surface area (Å²) in [5, 5.41) is 12.4. The van der Waals surface area contributed by atoms with E-state index < -0.39 is 11.5 Å². The van der Waals surface area contributed by atoms with Crippen molar-refractivity contribution in [3.05, 3.63) is 70.9 Å². The molecule has 0 bridgehead atoms. The molecule has 7 heteroatoms. The molecule has 1 fully saturated rings. The number of piperidine rings is 1. The van der Waals surface area contributed by atoms with Crippen molar-refractivity contribution in [3.63, 3.8) is 0 Å². The fourth-order valence-electron chi connectivity index (χ4n) is 5.32. The molecule has 192 valence electrons. The molecule has 3 aromatic rings. The van der Waals surface area contributed by atoms with Crippen LogP contribution in [0.2, 0.25) is 5.02 Å². The summed E-state index contributed by atoms with van der Waals surface area (Å²) >= 11 is 6.49. The zero-order valence-electron chi connectivity index (χ0n) is 21.1. The molecule has 0 saturated carbocycles. The lowest BCUT2D eigenvalue weighted by Gasteiger charge is -2.40. The van der Waals surface area contributed by atoms with E-state index in [4.69, 9.17) is 21.1 Å². The monoisotopic (exact) mass is 510 g/mol. The van der Waals surface area contributed by atoms with Crippen LogP contribution in [0, 0.1) is 5.41 Å². The fourth-order valence-corrected chi connectivity index (χ4v) is 5.60. The second-order valence-corrected chi connectivity index (χ2v) is 10.1. The second kappa shape index (κ2) is 12.0. The molecule has 36 heavy (non-hydrogen) atoms. The van der Waals surface area contributed by atoms with E-state index in [0.29, 0.717) is 29.2 Å². The Bertz CT molecular complexity index is 1160. The number of aryl methyl sites for hydroxylation is 1. The third-order valence-corrected chi connectivity index (χ3v) is 7.81. The van der Waals surface area contributed by atoms with Gasteiger partial charge in [-0.2, -0.15) is 0 Å². The van der Waals surface area contributed by atoms with Crippen LogP contribution in [-0.2, 0) is 16.0 Å². The number of pyridine rings is 1. The molecule has 1 aliphatic rings. The molecule has 0 unspecified atom stereocenters. The fraction of sp³-hybridized carbons (Fsp3) is 0.448. The minimum absolute atomic E-state index is 0.189. The third kappa shape index (κ3) is 6.00. The summed E-state index contributed by atoms with van der Waals surface area (Å²) in [6.07, 6.45) is 5.25. The van der Waals surface area contributed by atoms with Gasteiger partial charge in [-0.3, -0.25) is 9.78 Å². The topological polar surface area (TPSA) is 71.9 Å². The van der Waals surface area contributed by atoms with Crippen LogP contribution in [0.15, 0.2) is 54.7 Å². The maximum absolute atomic E-state index is 12.9. The van der Waals surface area contributed by atoms with Crippen LogP contribution in [0.25, 0.3) is 10.9 Å². The van der Waals surface area contributed by atoms with Crippen molar-refractivity contribution in [2.24, 2.45) is 5.41 Å². The minimum Gasteiger partial charge on any atom is -0.497 e. The van der Waals surface area contributed by atoms with Crippen LogP contribution in [0.4, 0.5) is 0 Å². The number of likely N-dealkylation sites (tertiary alicyclic amines) is 1. The second-order valence-electron chi connectivity index (χ2n) is 9.66. The van der Waals surface area contributed by atoms with Gasteiger partial charge in [0.15, 0.2) is 0 Å². The summed E-state index contributed by atoms with van der Waals surface area (Å²) in [5.74, 6) is 0.483. The standard InChI is InChI=1S/C29H35ClN2O4/c1-35-22-10-11-25-23(19-22)27(24(30)20-31-25)26(33)12-13-29(28(34)36-2)14-17-32(18-15-29)16-6-9-21-7-4-3-5-8-21/h3-5,7-8,10-11,19-20,26,33H,6,9,12-18H2,1-2H3/t26-/m1/s1. The summed E-state index contributed by atoms with van der Waals surface area (Å²) in [5.41, 5.74) is 2.12. The van der Waals surface area contributed by atoms with Gasteiger partial charge in [-0.25, -0.2) is 0 Å². The first-order chi connectivity index (χ1) is 17.5. The van der Waals surface area contributed by atoms with Crippen LogP contribution in [0.5, 0.6) is 5.75 Å². The maximum atomic E-state index is 12.9. The number of carbonyl (C=O) groups excluding carboxylic acids is 1. The number of esters is 1. The van der Waals surface area contributed by atoms with Gasteiger partial charge in [-0.15, -0.1) is 0 Å². The molecule has 1 N–H and O–H groups in total. The number of rotatable bonds is 10. The zero-order valence-corrected chi connectivity index (χ0v) is 21.8. The highest BCUT2D eigenvalue weighted by atomic mass is 35.5. The molecule has 0 spiro atoms. The van der Waals surface area contributed by atoms with E-state index in [1.165, 1.54) is 12.7 Å². The van der Waals surface area contributed by atoms with E-state index >= 15 is 0 Å². The number of carbonyl (C=O) groups is 1. The average Bonchev–Trinajstić information content (AvgIpc) is 2.92. The molecule has 1 saturated heterocycles. The van der Waals surface area contributed by atoms with Gasteiger partial charge in [-0.05, 0) is 81.9 Å². The molecule has 0 radical (unpaired) electrons. The quantitative estimate of drug-likeness (QED) is 0.358. The van der Waals surface area contributed by atoms with Gasteiger partial charge in [0.1, 0.15) is 5.75 Å².